The van der Waals surface area contributed by atoms with Gasteiger partial charge in [-0.05, 0) is 43.5 Å². The van der Waals surface area contributed by atoms with E-state index >= 15 is 0 Å². The van der Waals surface area contributed by atoms with E-state index < -0.39 is 6.10 Å². The average Bonchev–Trinajstić information content (AvgIpc) is 2.34. The number of nitrogen functional groups attached to an aromatic ring is 1. The molecule has 19 heavy (non-hydrogen) atoms. The number of benzene rings is 2. The first kappa shape index (κ1) is 13.6. The highest BCUT2D eigenvalue weighted by Gasteiger charge is 2.14. The SMILES string of the molecule is Cc1cc(C)c(CC(O)c2ccccc2N)c(C)c1. The summed E-state index contributed by atoms with van der Waals surface area (Å²) in [4.78, 5) is 0. The van der Waals surface area contributed by atoms with Crippen molar-refractivity contribution >= 4 is 5.69 Å². The Morgan fingerprint density at radius 2 is 1.63 bits per heavy atom. The largest absolute Gasteiger partial charge is 0.398 e. The third kappa shape index (κ3) is 2.96. The molecular formula is C17H21NO. The number of aliphatic hydroxyl groups excluding tert-OH is 1. The lowest BCUT2D eigenvalue weighted by Crippen LogP contribution is -2.07. The molecule has 1 unspecified atom stereocenters. The van der Waals surface area contributed by atoms with Gasteiger partial charge < -0.3 is 10.8 Å². The van der Waals surface area contributed by atoms with Crippen LogP contribution in [0.3, 0.4) is 0 Å². The minimum absolute atomic E-state index is 0.554. The lowest BCUT2D eigenvalue weighted by molar-refractivity contribution is 0.179. The Kier molecular flexibility index (Phi) is 3.91. The van der Waals surface area contributed by atoms with Gasteiger partial charge in [0.15, 0.2) is 0 Å². The Balaban J connectivity index is 2.29. The van der Waals surface area contributed by atoms with E-state index in [0.29, 0.717) is 12.1 Å². The second-order valence-electron chi connectivity index (χ2n) is 5.23. The van der Waals surface area contributed by atoms with Crippen LogP contribution < -0.4 is 5.73 Å². The van der Waals surface area contributed by atoms with Gasteiger partial charge >= 0.3 is 0 Å². The average molecular weight is 255 g/mol. The van der Waals surface area contributed by atoms with Crippen LogP contribution in [-0.2, 0) is 6.42 Å². The Morgan fingerprint density at radius 3 is 2.21 bits per heavy atom. The molecule has 2 nitrogen and oxygen atoms in total. The number of rotatable bonds is 3. The van der Waals surface area contributed by atoms with Crippen LogP contribution in [0.1, 0.15) is 33.9 Å². The predicted octanol–water partition coefficient (Wildman–Crippen LogP) is 3.47. The fourth-order valence-electron chi connectivity index (χ4n) is 2.65. The molecule has 0 bridgehead atoms. The van der Waals surface area contributed by atoms with Gasteiger partial charge in [0.05, 0.1) is 6.10 Å². The van der Waals surface area contributed by atoms with Gasteiger partial charge in [-0.3, -0.25) is 0 Å². The standard InChI is InChI=1S/C17H21NO/c1-11-8-12(2)15(13(3)9-11)10-17(19)14-6-4-5-7-16(14)18/h4-9,17,19H,10,18H2,1-3H3. The smallest absolute Gasteiger partial charge is 0.0850 e. The fraction of sp³-hybridized carbons (Fsp3) is 0.294. The molecule has 3 N–H and O–H groups in total. The summed E-state index contributed by atoms with van der Waals surface area (Å²) < 4.78 is 0. The highest BCUT2D eigenvalue weighted by atomic mass is 16.3. The summed E-state index contributed by atoms with van der Waals surface area (Å²) in [6.45, 7) is 6.28. The molecular weight excluding hydrogens is 234 g/mol. The highest BCUT2D eigenvalue weighted by molar-refractivity contribution is 5.48. The first-order chi connectivity index (χ1) is 8.99. The van der Waals surface area contributed by atoms with Gasteiger partial charge in [0.25, 0.3) is 0 Å². The molecule has 0 saturated heterocycles. The quantitative estimate of drug-likeness (QED) is 0.825. The van der Waals surface area contributed by atoms with Gasteiger partial charge in [-0.25, -0.2) is 0 Å². The van der Waals surface area contributed by atoms with E-state index in [-0.39, 0.29) is 0 Å². The van der Waals surface area contributed by atoms with Crippen LogP contribution in [0.15, 0.2) is 36.4 Å². The van der Waals surface area contributed by atoms with E-state index in [2.05, 4.69) is 32.9 Å². The summed E-state index contributed by atoms with van der Waals surface area (Å²) in [5, 5.41) is 10.4. The maximum Gasteiger partial charge on any atom is 0.0850 e. The van der Waals surface area contributed by atoms with Crippen molar-refractivity contribution < 1.29 is 5.11 Å². The molecule has 2 rings (SSSR count). The number of hydrogen-bond acceptors (Lipinski definition) is 2. The molecule has 0 spiro atoms. The van der Waals surface area contributed by atoms with Gasteiger partial charge in [0.1, 0.15) is 0 Å². The van der Waals surface area contributed by atoms with E-state index in [1.807, 2.05) is 24.3 Å². The second kappa shape index (κ2) is 5.45. The van der Waals surface area contributed by atoms with Crippen LogP contribution >= 0.6 is 0 Å². The third-order valence-corrected chi connectivity index (χ3v) is 3.59. The maximum atomic E-state index is 10.4. The normalized spacial score (nSPS) is 12.4. The summed E-state index contributed by atoms with van der Waals surface area (Å²) in [6, 6.07) is 11.8. The number of aliphatic hydroxyl groups is 1. The summed E-state index contributed by atoms with van der Waals surface area (Å²) in [7, 11) is 0. The molecule has 0 aliphatic heterocycles. The molecule has 0 amide bonds. The zero-order chi connectivity index (χ0) is 14.0. The summed E-state index contributed by atoms with van der Waals surface area (Å²) in [5.41, 5.74) is 12.3. The second-order valence-corrected chi connectivity index (χ2v) is 5.23. The lowest BCUT2D eigenvalue weighted by Gasteiger charge is -2.17. The maximum absolute atomic E-state index is 10.4. The van der Waals surface area contributed by atoms with E-state index in [1.165, 1.54) is 22.3 Å². The summed E-state index contributed by atoms with van der Waals surface area (Å²) in [6.07, 6.45) is 0.0490. The summed E-state index contributed by atoms with van der Waals surface area (Å²) >= 11 is 0. The Labute approximate surface area is 114 Å². The van der Waals surface area contributed by atoms with Crippen molar-refractivity contribution in [2.75, 3.05) is 5.73 Å². The first-order valence-corrected chi connectivity index (χ1v) is 6.58. The molecule has 2 heteroatoms. The molecule has 0 aliphatic rings. The first-order valence-electron chi connectivity index (χ1n) is 6.58. The van der Waals surface area contributed by atoms with Crippen LogP contribution in [0, 0.1) is 20.8 Å². The molecule has 1 atom stereocenters. The van der Waals surface area contributed by atoms with Crippen LogP contribution in [0.25, 0.3) is 0 Å². The molecule has 2 aromatic carbocycles. The highest BCUT2D eigenvalue weighted by Crippen LogP contribution is 2.26. The molecule has 2 aromatic rings. The molecule has 0 heterocycles. The van der Waals surface area contributed by atoms with Crippen molar-refractivity contribution in [3.8, 4) is 0 Å². The number of aryl methyl sites for hydroxylation is 3. The minimum Gasteiger partial charge on any atom is -0.398 e. The van der Waals surface area contributed by atoms with Crippen LogP contribution in [0.2, 0.25) is 0 Å². The summed E-state index contributed by atoms with van der Waals surface area (Å²) in [5.74, 6) is 0. The molecule has 0 radical (unpaired) electrons. The van der Waals surface area contributed by atoms with E-state index in [4.69, 9.17) is 5.73 Å². The van der Waals surface area contributed by atoms with Gasteiger partial charge in [-0.2, -0.15) is 0 Å². The van der Waals surface area contributed by atoms with Crippen molar-refractivity contribution in [2.45, 2.75) is 33.3 Å². The third-order valence-electron chi connectivity index (χ3n) is 3.59. The van der Waals surface area contributed by atoms with E-state index in [0.717, 1.165) is 5.56 Å². The van der Waals surface area contributed by atoms with Crippen molar-refractivity contribution in [1.29, 1.82) is 0 Å². The minimum atomic E-state index is -0.554. The predicted molar refractivity (Wildman–Crippen MR) is 80.2 cm³/mol. The van der Waals surface area contributed by atoms with E-state index in [1.54, 1.807) is 0 Å². The van der Waals surface area contributed by atoms with Crippen molar-refractivity contribution in [3.05, 3.63) is 64.2 Å². The number of para-hydroxylation sites is 1. The molecule has 100 valence electrons. The van der Waals surface area contributed by atoms with Crippen molar-refractivity contribution in [1.82, 2.24) is 0 Å². The van der Waals surface area contributed by atoms with Crippen LogP contribution in [-0.4, -0.2) is 5.11 Å². The molecule has 0 aliphatic carbocycles. The zero-order valence-corrected chi connectivity index (χ0v) is 11.8. The van der Waals surface area contributed by atoms with Crippen molar-refractivity contribution in [2.24, 2.45) is 0 Å². The van der Waals surface area contributed by atoms with Crippen LogP contribution in [0.5, 0.6) is 0 Å². The monoisotopic (exact) mass is 255 g/mol. The Morgan fingerprint density at radius 1 is 1.05 bits per heavy atom. The van der Waals surface area contributed by atoms with E-state index in [9.17, 15) is 5.11 Å². The fourth-order valence-corrected chi connectivity index (χ4v) is 2.65. The van der Waals surface area contributed by atoms with Crippen molar-refractivity contribution in [3.63, 3.8) is 0 Å². The lowest BCUT2D eigenvalue weighted by atomic mass is 9.92. The van der Waals surface area contributed by atoms with Gasteiger partial charge in [-0.1, -0.05) is 35.9 Å². The molecule has 0 aromatic heterocycles. The topological polar surface area (TPSA) is 46.2 Å². The Bertz CT molecular complexity index is 567. The van der Waals surface area contributed by atoms with Gasteiger partial charge in [-0.15, -0.1) is 0 Å². The molecule has 0 fully saturated rings. The zero-order valence-electron chi connectivity index (χ0n) is 11.8. The molecule has 0 saturated carbocycles. The van der Waals surface area contributed by atoms with Crippen LogP contribution in [0.4, 0.5) is 5.69 Å². The van der Waals surface area contributed by atoms with Gasteiger partial charge in [0.2, 0.25) is 0 Å². The number of hydrogen-bond donors (Lipinski definition) is 2. The Hall–Kier alpha value is -1.80. The number of anilines is 1. The number of nitrogens with two attached hydrogens (primary N) is 1. The van der Waals surface area contributed by atoms with Gasteiger partial charge in [0, 0.05) is 17.7 Å².